The molecule has 1 heterocycles. The summed E-state index contributed by atoms with van der Waals surface area (Å²) in [5.41, 5.74) is 9.44. The number of hydrogen-bond donors (Lipinski definition) is 3. The quantitative estimate of drug-likeness (QED) is 0.520. The summed E-state index contributed by atoms with van der Waals surface area (Å²) in [5, 5.41) is 6.15. The average molecular weight is 413 g/mol. The Balaban J connectivity index is 1.25. The maximum Gasteiger partial charge on any atom is 0.407 e. The van der Waals surface area contributed by atoms with Gasteiger partial charge in [-0.25, -0.2) is 4.79 Å². The molecule has 7 heteroatoms. The summed E-state index contributed by atoms with van der Waals surface area (Å²) < 4.78 is 10.6. The molecule has 7 nitrogen and oxygen atoms in total. The largest absolute Gasteiger partial charge is 0.445 e. The van der Waals surface area contributed by atoms with Gasteiger partial charge in [-0.1, -0.05) is 30.3 Å². The number of anilines is 2. The van der Waals surface area contributed by atoms with Crippen molar-refractivity contribution in [2.24, 2.45) is 5.73 Å². The van der Waals surface area contributed by atoms with Gasteiger partial charge in [0, 0.05) is 43.6 Å². The average Bonchev–Trinajstić information content (AvgIpc) is 2.81. The lowest BCUT2D eigenvalue weighted by molar-refractivity contribution is 0.122. The molecule has 162 valence electrons. The molecule has 1 atom stereocenters. The van der Waals surface area contributed by atoms with Crippen LogP contribution < -0.4 is 21.3 Å². The SMILES string of the molecule is N[C@@H](CCCNC(=O)OCc1ccccc1)CNc1ccc(N2CCOCC2)cc1. The molecule has 0 radical (unpaired) electrons. The first-order valence-electron chi connectivity index (χ1n) is 10.6. The van der Waals surface area contributed by atoms with Crippen molar-refractivity contribution >= 4 is 17.5 Å². The predicted octanol–water partition coefficient (Wildman–Crippen LogP) is 2.97. The minimum atomic E-state index is -0.397. The second-order valence-corrected chi connectivity index (χ2v) is 7.42. The Morgan fingerprint density at radius 1 is 1.10 bits per heavy atom. The van der Waals surface area contributed by atoms with E-state index in [2.05, 4.69) is 39.8 Å². The highest BCUT2D eigenvalue weighted by atomic mass is 16.5. The monoisotopic (exact) mass is 412 g/mol. The summed E-state index contributed by atoms with van der Waals surface area (Å²) in [6.07, 6.45) is 1.22. The summed E-state index contributed by atoms with van der Waals surface area (Å²) in [4.78, 5) is 14.1. The lowest BCUT2D eigenvalue weighted by Crippen LogP contribution is -2.36. The second kappa shape index (κ2) is 12.0. The fraction of sp³-hybridized carbons (Fsp3) is 0.435. The van der Waals surface area contributed by atoms with Crippen molar-refractivity contribution < 1.29 is 14.3 Å². The number of ether oxygens (including phenoxy) is 2. The first kappa shape index (κ1) is 21.9. The number of amides is 1. The predicted molar refractivity (Wildman–Crippen MR) is 120 cm³/mol. The van der Waals surface area contributed by atoms with Crippen LogP contribution in [0.15, 0.2) is 54.6 Å². The van der Waals surface area contributed by atoms with Crippen LogP contribution in [0.25, 0.3) is 0 Å². The minimum absolute atomic E-state index is 0.0195. The van der Waals surface area contributed by atoms with Crippen molar-refractivity contribution in [3.8, 4) is 0 Å². The highest BCUT2D eigenvalue weighted by Gasteiger charge is 2.11. The van der Waals surface area contributed by atoms with Crippen molar-refractivity contribution in [2.45, 2.75) is 25.5 Å². The number of carbonyl (C=O) groups excluding carboxylic acids is 1. The molecule has 1 aliphatic rings. The van der Waals surface area contributed by atoms with Gasteiger partial charge in [-0.3, -0.25) is 0 Å². The number of nitrogens with one attached hydrogen (secondary N) is 2. The summed E-state index contributed by atoms with van der Waals surface area (Å²) in [6, 6.07) is 18.1. The third-order valence-electron chi connectivity index (χ3n) is 5.05. The summed E-state index contributed by atoms with van der Waals surface area (Å²) >= 11 is 0. The van der Waals surface area contributed by atoms with Crippen LogP contribution in [0.4, 0.5) is 16.2 Å². The zero-order valence-corrected chi connectivity index (χ0v) is 17.4. The first-order chi connectivity index (χ1) is 14.7. The second-order valence-electron chi connectivity index (χ2n) is 7.42. The molecule has 2 aromatic rings. The lowest BCUT2D eigenvalue weighted by Gasteiger charge is -2.29. The van der Waals surface area contributed by atoms with Crippen LogP contribution in [-0.2, 0) is 16.1 Å². The zero-order valence-electron chi connectivity index (χ0n) is 17.4. The van der Waals surface area contributed by atoms with Gasteiger partial charge in [0.05, 0.1) is 13.2 Å². The molecule has 3 rings (SSSR count). The van der Waals surface area contributed by atoms with Crippen molar-refractivity contribution in [1.82, 2.24) is 5.32 Å². The van der Waals surface area contributed by atoms with E-state index in [1.807, 2.05) is 30.3 Å². The summed E-state index contributed by atoms with van der Waals surface area (Å²) in [5.74, 6) is 0. The molecule has 1 saturated heterocycles. The van der Waals surface area contributed by atoms with Gasteiger partial charge in [0.25, 0.3) is 0 Å². The number of carbonyl (C=O) groups is 1. The van der Waals surface area contributed by atoms with Gasteiger partial charge < -0.3 is 30.7 Å². The highest BCUT2D eigenvalue weighted by Crippen LogP contribution is 2.19. The lowest BCUT2D eigenvalue weighted by atomic mass is 10.1. The molecule has 1 amide bonds. The number of nitrogens with zero attached hydrogens (tertiary/aromatic N) is 1. The molecule has 1 aliphatic heterocycles. The van der Waals surface area contributed by atoms with E-state index in [1.165, 1.54) is 5.69 Å². The molecule has 0 aliphatic carbocycles. The van der Waals surface area contributed by atoms with E-state index < -0.39 is 6.09 Å². The van der Waals surface area contributed by atoms with Gasteiger partial charge in [0.2, 0.25) is 0 Å². The third-order valence-corrected chi connectivity index (χ3v) is 5.05. The highest BCUT2D eigenvalue weighted by molar-refractivity contribution is 5.67. The number of benzene rings is 2. The molecule has 1 fully saturated rings. The number of nitrogens with two attached hydrogens (primary N) is 1. The maximum absolute atomic E-state index is 11.7. The number of alkyl carbamates (subject to hydrolysis) is 1. The first-order valence-corrected chi connectivity index (χ1v) is 10.6. The Morgan fingerprint density at radius 2 is 1.83 bits per heavy atom. The van der Waals surface area contributed by atoms with Gasteiger partial charge >= 0.3 is 6.09 Å². The fourth-order valence-electron chi connectivity index (χ4n) is 3.29. The number of hydrogen-bond acceptors (Lipinski definition) is 6. The zero-order chi connectivity index (χ0) is 21.0. The van der Waals surface area contributed by atoms with Crippen molar-refractivity contribution in [2.75, 3.05) is 49.6 Å². The number of rotatable bonds is 10. The minimum Gasteiger partial charge on any atom is -0.445 e. The van der Waals surface area contributed by atoms with E-state index in [4.69, 9.17) is 15.2 Å². The van der Waals surface area contributed by atoms with Crippen LogP contribution in [0.2, 0.25) is 0 Å². The Kier molecular flexibility index (Phi) is 8.80. The molecule has 0 aromatic heterocycles. The van der Waals surface area contributed by atoms with E-state index in [9.17, 15) is 4.79 Å². The van der Waals surface area contributed by atoms with Crippen molar-refractivity contribution in [3.05, 3.63) is 60.2 Å². The van der Waals surface area contributed by atoms with E-state index >= 15 is 0 Å². The summed E-state index contributed by atoms with van der Waals surface area (Å²) in [7, 11) is 0. The van der Waals surface area contributed by atoms with Gasteiger partial charge in [0.15, 0.2) is 0 Å². The smallest absolute Gasteiger partial charge is 0.407 e. The van der Waals surface area contributed by atoms with Crippen LogP contribution in [0, 0.1) is 0 Å². The van der Waals surface area contributed by atoms with Gasteiger partial charge in [-0.2, -0.15) is 0 Å². The molecule has 4 N–H and O–H groups in total. The van der Waals surface area contributed by atoms with Crippen LogP contribution >= 0.6 is 0 Å². The molecular formula is C23H32N4O3. The topological polar surface area (TPSA) is 88.8 Å². The molecule has 30 heavy (non-hydrogen) atoms. The summed E-state index contributed by atoms with van der Waals surface area (Å²) in [6.45, 7) is 4.96. The Morgan fingerprint density at radius 3 is 2.57 bits per heavy atom. The van der Waals surface area contributed by atoms with E-state index in [1.54, 1.807) is 0 Å². The fourth-order valence-corrected chi connectivity index (χ4v) is 3.29. The Hall–Kier alpha value is -2.77. The van der Waals surface area contributed by atoms with Crippen LogP contribution in [0.5, 0.6) is 0 Å². The van der Waals surface area contributed by atoms with Crippen LogP contribution in [0.3, 0.4) is 0 Å². The number of morpholine rings is 1. The van der Waals surface area contributed by atoms with Gasteiger partial charge in [-0.05, 0) is 42.7 Å². The maximum atomic E-state index is 11.7. The van der Waals surface area contributed by atoms with E-state index in [-0.39, 0.29) is 12.6 Å². The third kappa shape index (κ3) is 7.57. The molecule has 0 unspecified atom stereocenters. The molecule has 0 bridgehead atoms. The van der Waals surface area contributed by atoms with E-state index in [0.29, 0.717) is 13.1 Å². The molecule has 0 saturated carbocycles. The van der Waals surface area contributed by atoms with Crippen molar-refractivity contribution in [1.29, 1.82) is 0 Å². The van der Waals surface area contributed by atoms with Crippen molar-refractivity contribution in [3.63, 3.8) is 0 Å². The standard InChI is InChI=1S/C23H32N4O3/c24-20(7-4-12-25-23(28)30-18-19-5-2-1-3-6-19)17-26-21-8-10-22(11-9-21)27-13-15-29-16-14-27/h1-3,5-6,8-11,20,26H,4,7,12-18,24H2,(H,25,28)/t20-/m0/s1. The van der Waals surface area contributed by atoms with Crippen LogP contribution in [-0.4, -0.2) is 51.5 Å². The van der Waals surface area contributed by atoms with Gasteiger partial charge in [-0.15, -0.1) is 0 Å². The van der Waals surface area contributed by atoms with Crippen LogP contribution in [0.1, 0.15) is 18.4 Å². The molecule has 2 aromatic carbocycles. The molecule has 0 spiro atoms. The Labute approximate surface area is 178 Å². The Bertz CT molecular complexity index is 749. The normalized spacial score (nSPS) is 14.8. The molecular weight excluding hydrogens is 380 g/mol. The van der Waals surface area contributed by atoms with Gasteiger partial charge in [0.1, 0.15) is 6.61 Å². The van der Waals surface area contributed by atoms with E-state index in [0.717, 1.165) is 50.4 Å².